The van der Waals surface area contributed by atoms with Crippen LogP contribution in [-0.2, 0) is 11.3 Å². The van der Waals surface area contributed by atoms with Crippen LogP contribution in [0.4, 0.5) is 0 Å². The molecule has 0 aliphatic carbocycles. The molecule has 0 saturated carbocycles. The molecule has 154 valence electrons. The number of hydrogen-bond acceptors (Lipinski definition) is 5. The molecule has 2 aromatic carbocycles. The fraction of sp³-hybridized carbons (Fsp3) is 0.261. The summed E-state index contributed by atoms with van der Waals surface area (Å²) < 4.78 is 6.77. The maximum atomic E-state index is 13.3. The van der Waals surface area contributed by atoms with Gasteiger partial charge in [0.25, 0.3) is 5.56 Å². The Balaban J connectivity index is 1.73. The molecule has 0 unspecified atom stereocenters. The number of para-hydroxylation sites is 2. The van der Waals surface area contributed by atoms with Crippen LogP contribution < -0.4 is 5.56 Å². The van der Waals surface area contributed by atoms with E-state index in [0.717, 1.165) is 16.6 Å². The van der Waals surface area contributed by atoms with E-state index < -0.39 is 5.25 Å². The molecule has 7 heteroatoms. The Labute approximate surface area is 178 Å². The Morgan fingerprint density at radius 3 is 2.63 bits per heavy atom. The average Bonchev–Trinajstić information content (AvgIpc) is 3.08. The summed E-state index contributed by atoms with van der Waals surface area (Å²) in [5.74, 6) is 0.00986. The molecule has 0 fully saturated rings. The standard InChI is InChI=1S/C23H23N3O3S/c1-14-20(16-8-4-6-10-18(16)24-14)21(27)15(2)30-23-25-19-11-7-5-9-17(19)22(28)26(23)12-13-29-3/h4-11,15,24H,12-13H2,1-3H3/t15-/m0/s1. The third kappa shape index (κ3) is 3.66. The highest BCUT2D eigenvalue weighted by Crippen LogP contribution is 2.29. The van der Waals surface area contributed by atoms with Crippen molar-refractivity contribution in [2.45, 2.75) is 30.8 Å². The summed E-state index contributed by atoms with van der Waals surface area (Å²) in [5.41, 5.74) is 2.98. The Bertz CT molecular complexity index is 1290. The molecule has 1 N–H and O–H groups in total. The normalized spacial score (nSPS) is 12.5. The highest BCUT2D eigenvalue weighted by Gasteiger charge is 2.24. The number of thioether (sulfide) groups is 1. The minimum Gasteiger partial charge on any atom is -0.383 e. The van der Waals surface area contributed by atoms with Crippen LogP contribution >= 0.6 is 11.8 Å². The van der Waals surface area contributed by atoms with E-state index in [1.54, 1.807) is 17.7 Å². The van der Waals surface area contributed by atoms with Crippen LogP contribution in [0.1, 0.15) is 23.0 Å². The van der Waals surface area contributed by atoms with E-state index in [1.807, 2.05) is 56.3 Å². The highest BCUT2D eigenvalue weighted by atomic mass is 32.2. The number of hydrogen-bond donors (Lipinski definition) is 1. The number of carbonyl (C=O) groups excluding carboxylic acids is 1. The van der Waals surface area contributed by atoms with Crippen LogP contribution in [0.15, 0.2) is 58.5 Å². The lowest BCUT2D eigenvalue weighted by Gasteiger charge is -2.16. The molecule has 0 saturated heterocycles. The lowest BCUT2D eigenvalue weighted by Crippen LogP contribution is -2.26. The Hall–Kier alpha value is -2.90. The summed E-state index contributed by atoms with van der Waals surface area (Å²) in [6.45, 7) is 4.53. The van der Waals surface area contributed by atoms with E-state index in [2.05, 4.69) is 9.97 Å². The predicted molar refractivity (Wildman–Crippen MR) is 121 cm³/mol. The fourth-order valence-corrected chi connectivity index (χ4v) is 4.62. The molecule has 0 spiro atoms. The van der Waals surface area contributed by atoms with Crippen LogP contribution in [0.3, 0.4) is 0 Å². The number of Topliss-reactive ketones (excluding diaryl/α,β-unsaturated/α-hetero) is 1. The lowest BCUT2D eigenvalue weighted by molar-refractivity contribution is 0.0995. The third-order valence-corrected chi connectivity index (χ3v) is 6.23. The molecular weight excluding hydrogens is 398 g/mol. The third-order valence-electron chi connectivity index (χ3n) is 5.14. The first-order valence-corrected chi connectivity index (χ1v) is 10.7. The van der Waals surface area contributed by atoms with Crippen LogP contribution in [0.2, 0.25) is 0 Å². The fourth-order valence-electron chi connectivity index (χ4n) is 3.63. The van der Waals surface area contributed by atoms with Crippen molar-refractivity contribution in [3.63, 3.8) is 0 Å². The summed E-state index contributed by atoms with van der Waals surface area (Å²) in [6, 6.07) is 15.0. The van der Waals surface area contributed by atoms with E-state index in [-0.39, 0.29) is 11.3 Å². The van der Waals surface area contributed by atoms with Gasteiger partial charge in [0.05, 0.1) is 29.3 Å². The molecule has 1 atom stereocenters. The van der Waals surface area contributed by atoms with Crippen molar-refractivity contribution in [1.29, 1.82) is 0 Å². The number of carbonyl (C=O) groups is 1. The maximum Gasteiger partial charge on any atom is 0.262 e. The van der Waals surface area contributed by atoms with Crippen molar-refractivity contribution >= 4 is 39.4 Å². The van der Waals surface area contributed by atoms with Crippen molar-refractivity contribution in [3.05, 3.63) is 70.1 Å². The summed E-state index contributed by atoms with van der Waals surface area (Å²) in [5, 5.41) is 1.58. The van der Waals surface area contributed by atoms with Gasteiger partial charge in [0.1, 0.15) is 0 Å². The molecule has 6 nitrogen and oxygen atoms in total. The van der Waals surface area contributed by atoms with Crippen LogP contribution in [0, 0.1) is 6.92 Å². The molecule has 2 heterocycles. The number of benzene rings is 2. The molecular formula is C23H23N3O3S. The predicted octanol–water partition coefficient (Wildman–Crippen LogP) is 4.20. The Morgan fingerprint density at radius 1 is 1.17 bits per heavy atom. The summed E-state index contributed by atoms with van der Waals surface area (Å²) in [4.78, 5) is 34.3. The first-order chi connectivity index (χ1) is 14.5. The van der Waals surface area contributed by atoms with E-state index in [1.165, 1.54) is 11.8 Å². The van der Waals surface area contributed by atoms with E-state index in [4.69, 9.17) is 4.74 Å². The molecule has 0 amide bonds. The van der Waals surface area contributed by atoms with Gasteiger partial charge in [-0.3, -0.25) is 14.2 Å². The van der Waals surface area contributed by atoms with Gasteiger partial charge < -0.3 is 9.72 Å². The summed E-state index contributed by atoms with van der Waals surface area (Å²) in [7, 11) is 1.60. The number of nitrogens with one attached hydrogen (secondary N) is 1. The van der Waals surface area contributed by atoms with Gasteiger partial charge in [-0.15, -0.1) is 0 Å². The van der Waals surface area contributed by atoms with Crippen LogP contribution in [0.25, 0.3) is 21.8 Å². The van der Waals surface area contributed by atoms with Gasteiger partial charge in [-0.1, -0.05) is 42.1 Å². The second kappa shape index (κ2) is 8.45. The van der Waals surface area contributed by atoms with Gasteiger partial charge in [0.2, 0.25) is 0 Å². The van der Waals surface area contributed by atoms with Crippen molar-refractivity contribution in [1.82, 2.24) is 14.5 Å². The zero-order chi connectivity index (χ0) is 21.3. The van der Waals surface area contributed by atoms with Crippen molar-refractivity contribution in [2.75, 3.05) is 13.7 Å². The minimum absolute atomic E-state index is 0.00986. The number of nitrogens with zero attached hydrogens (tertiary/aromatic N) is 2. The van der Waals surface area contributed by atoms with Gasteiger partial charge in [0, 0.05) is 29.3 Å². The van der Waals surface area contributed by atoms with Gasteiger partial charge >= 0.3 is 0 Å². The van der Waals surface area contributed by atoms with E-state index >= 15 is 0 Å². The molecule has 4 rings (SSSR count). The number of ketones is 1. The van der Waals surface area contributed by atoms with Crippen molar-refractivity contribution in [2.24, 2.45) is 0 Å². The molecule has 0 bridgehead atoms. The van der Waals surface area contributed by atoms with Crippen LogP contribution in [0.5, 0.6) is 0 Å². The number of aromatic nitrogens is 3. The molecule has 4 aromatic rings. The largest absolute Gasteiger partial charge is 0.383 e. The molecule has 2 aromatic heterocycles. The quantitative estimate of drug-likeness (QED) is 0.275. The van der Waals surface area contributed by atoms with Gasteiger partial charge in [-0.25, -0.2) is 4.98 Å². The minimum atomic E-state index is -0.412. The van der Waals surface area contributed by atoms with Crippen molar-refractivity contribution in [3.8, 4) is 0 Å². The first kappa shape index (κ1) is 20.4. The van der Waals surface area contributed by atoms with Crippen LogP contribution in [-0.4, -0.2) is 39.3 Å². The Morgan fingerprint density at radius 2 is 1.87 bits per heavy atom. The monoisotopic (exact) mass is 421 g/mol. The zero-order valence-electron chi connectivity index (χ0n) is 17.1. The van der Waals surface area contributed by atoms with Gasteiger partial charge in [0.15, 0.2) is 10.9 Å². The molecule has 0 aliphatic heterocycles. The topological polar surface area (TPSA) is 77.0 Å². The summed E-state index contributed by atoms with van der Waals surface area (Å²) in [6.07, 6.45) is 0. The number of aryl methyl sites for hydroxylation is 1. The SMILES string of the molecule is COCCn1c(S[C@@H](C)C(=O)c2c(C)[nH]c3ccccc23)nc2ccccc2c1=O. The van der Waals surface area contributed by atoms with E-state index in [9.17, 15) is 9.59 Å². The summed E-state index contributed by atoms with van der Waals surface area (Å²) >= 11 is 1.31. The van der Waals surface area contributed by atoms with Crippen molar-refractivity contribution < 1.29 is 9.53 Å². The molecule has 0 aliphatic rings. The molecule has 0 radical (unpaired) electrons. The lowest BCUT2D eigenvalue weighted by atomic mass is 10.1. The van der Waals surface area contributed by atoms with Gasteiger partial charge in [-0.05, 0) is 32.0 Å². The van der Waals surface area contributed by atoms with E-state index in [0.29, 0.717) is 34.8 Å². The smallest absolute Gasteiger partial charge is 0.262 e. The number of H-pyrrole nitrogens is 1. The molecule has 30 heavy (non-hydrogen) atoms. The second-order valence-electron chi connectivity index (χ2n) is 7.16. The number of ether oxygens (including phenoxy) is 1. The van der Waals surface area contributed by atoms with Gasteiger partial charge in [-0.2, -0.15) is 0 Å². The second-order valence-corrected chi connectivity index (χ2v) is 8.46. The Kier molecular flexibility index (Phi) is 5.74. The maximum absolute atomic E-state index is 13.3. The number of methoxy groups -OCH3 is 1. The zero-order valence-corrected chi connectivity index (χ0v) is 18.0. The number of aromatic amines is 1. The first-order valence-electron chi connectivity index (χ1n) is 9.78. The average molecular weight is 422 g/mol. The number of rotatable bonds is 7. The highest BCUT2D eigenvalue weighted by molar-refractivity contribution is 8.00. The number of fused-ring (bicyclic) bond motifs is 2.